The molecule has 0 aromatic heterocycles. The van der Waals surface area contributed by atoms with E-state index in [1.165, 1.54) is 50.4 Å². The molecular formula is C25H42BO3-. The first kappa shape index (κ1) is 22.7. The predicted molar refractivity (Wildman–Crippen MR) is 123 cm³/mol. The molecule has 164 valence electrons. The smallest absolute Gasteiger partial charge is 0.120 e. The minimum atomic E-state index is -0.721. The lowest BCUT2D eigenvalue weighted by atomic mass is 9.18. The van der Waals surface area contributed by atoms with E-state index in [0.29, 0.717) is 18.4 Å². The summed E-state index contributed by atoms with van der Waals surface area (Å²) < 4.78 is 18.3. The summed E-state index contributed by atoms with van der Waals surface area (Å²) >= 11 is 0. The molecule has 3 rings (SSSR count). The molecule has 2 heterocycles. The minimum absolute atomic E-state index is 0.286. The summed E-state index contributed by atoms with van der Waals surface area (Å²) in [5.41, 5.74) is 1.22. The Hall–Kier alpha value is -0.995. The third-order valence-corrected chi connectivity index (χ3v) is 8.04. The van der Waals surface area contributed by atoms with Gasteiger partial charge in [0.25, 0.3) is 0 Å². The fourth-order valence-corrected chi connectivity index (χ4v) is 6.54. The zero-order chi connectivity index (χ0) is 20.9. The zero-order valence-electron chi connectivity index (χ0n) is 19.4. The Balaban J connectivity index is 1.68. The first-order chi connectivity index (χ1) is 14.0. The molecule has 2 aliphatic heterocycles. The molecule has 0 spiro atoms. The van der Waals surface area contributed by atoms with Crippen molar-refractivity contribution < 1.29 is 14.1 Å². The van der Waals surface area contributed by atoms with Crippen molar-refractivity contribution >= 4 is 6.35 Å². The maximum atomic E-state index is 6.54. The van der Waals surface area contributed by atoms with Crippen LogP contribution in [0.1, 0.15) is 71.3 Å². The van der Waals surface area contributed by atoms with Gasteiger partial charge in [0, 0.05) is 0 Å². The van der Waals surface area contributed by atoms with E-state index in [1.54, 1.807) is 7.11 Å². The number of rotatable bonds is 10. The van der Waals surface area contributed by atoms with E-state index < -0.39 is 6.35 Å². The molecule has 2 aliphatic rings. The standard InChI is InChI=1S/C25H42BO3/c1-19(2)16-25(29-18-21-12-14-24(27-4)15-13-21)20(3)17-26(28-5)22-8-6-9-23(26)11-7-10-22/h12-15,19-20,22-23,25H,6-11,16-18H2,1-5H3/q-1/t20-,22?,23?,25-,26?/m1/s1. The van der Waals surface area contributed by atoms with Gasteiger partial charge in [0.1, 0.15) is 12.1 Å². The summed E-state index contributed by atoms with van der Waals surface area (Å²) in [7, 11) is 3.71. The lowest BCUT2D eigenvalue weighted by Crippen LogP contribution is -2.53. The van der Waals surface area contributed by atoms with E-state index in [2.05, 4.69) is 32.9 Å². The fourth-order valence-electron chi connectivity index (χ4n) is 6.54. The second kappa shape index (κ2) is 10.4. The monoisotopic (exact) mass is 401 g/mol. The van der Waals surface area contributed by atoms with E-state index in [1.807, 2.05) is 19.2 Å². The number of hydrogen-bond acceptors (Lipinski definition) is 3. The molecule has 2 fully saturated rings. The van der Waals surface area contributed by atoms with Gasteiger partial charge in [0.15, 0.2) is 0 Å². The van der Waals surface area contributed by atoms with Crippen LogP contribution in [0.5, 0.6) is 5.75 Å². The highest BCUT2D eigenvalue weighted by Gasteiger charge is 2.45. The van der Waals surface area contributed by atoms with Crippen molar-refractivity contribution in [2.45, 2.75) is 96.4 Å². The van der Waals surface area contributed by atoms with Crippen molar-refractivity contribution in [2.75, 3.05) is 14.2 Å². The van der Waals surface area contributed by atoms with Crippen molar-refractivity contribution in [3.63, 3.8) is 0 Å². The second-order valence-corrected chi connectivity index (χ2v) is 10.3. The minimum Gasteiger partial charge on any atom is -0.592 e. The Kier molecular flexibility index (Phi) is 8.10. The molecule has 1 aromatic rings. The summed E-state index contributed by atoms with van der Waals surface area (Å²) in [4.78, 5) is 0. The van der Waals surface area contributed by atoms with Gasteiger partial charge in [-0.05, 0) is 43.1 Å². The Labute approximate surface area is 178 Å². The van der Waals surface area contributed by atoms with E-state index >= 15 is 0 Å². The number of ether oxygens (including phenoxy) is 2. The van der Waals surface area contributed by atoms with Gasteiger partial charge in [0.2, 0.25) is 0 Å². The van der Waals surface area contributed by atoms with E-state index in [9.17, 15) is 0 Å². The largest absolute Gasteiger partial charge is 0.592 e. The van der Waals surface area contributed by atoms with Crippen molar-refractivity contribution in [1.82, 2.24) is 0 Å². The molecule has 4 heteroatoms. The molecular weight excluding hydrogens is 359 g/mol. The lowest BCUT2D eigenvalue weighted by Gasteiger charge is -2.60. The average molecular weight is 401 g/mol. The van der Waals surface area contributed by atoms with Crippen LogP contribution in [0.15, 0.2) is 24.3 Å². The highest BCUT2D eigenvalue weighted by atomic mass is 16.5. The van der Waals surface area contributed by atoms with Gasteiger partial charge in [-0.1, -0.05) is 71.4 Å². The van der Waals surface area contributed by atoms with E-state index in [-0.39, 0.29) is 6.10 Å². The Morgan fingerprint density at radius 2 is 1.52 bits per heavy atom. The molecule has 3 nitrogen and oxygen atoms in total. The van der Waals surface area contributed by atoms with E-state index in [0.717, 1.165) is 23.8 Å². The first-order valence-electron chi connectivity index (χ1n) is 12.0. The van der Waals surface area contributed by atoms with Crippen LogP contribution in [0.2, 0.25) is 18.0 Å². The van der Waals surface area contributed by atoms with Crippen LogP contribution < -0.4 is 4.74 Å². The van der Waals surface area contributed by atoms with Crippen molar-refractivity contribution in [2.24, 2.45) is 11.8 Å². The normalized spacial score (nSPS) is 28.9. The van der Waals surface area contributed by atoms with Crippen LogP contribution in [-0.2, 0) is 16.0 Å². The number of hydrogen-bond donors (Lipinski definition) is 0. The average Bonchev–Trinajstić information content (AvgIpc) is 2.70. The molecule has 0 saturated carbocycles. The van der Waals surface area contributed by atoms with Crippen LogP contribution in [0.3, 0.4) is 0 Å². The van der Waals surface area contributed by atoms with Crippen LogP contribution >= 0.6 is 0 Å². The second-order valence-electron chi connectivity index (χ2n) is 10.3. The molecule has 0 unspecified atom stereocenters. The predicted octanol–water partition coefficient (Wildman–Crippen LogP) is 6.96. The quantitative estimate of drug-likeness (QED) is 0.397. The molecule has 2 saturated heterocycles. The molecule has 0 amide bonds. The van der Waals surface area contributed by atoms with Crippen LogP contribution in [0, 0.1) is 11.8 Å². The Bertz CT molecular complexity index is 593. The van der Waals surface area contributed by atoms with Crippen molar-refractivity contribution in [3.05, 3.63) is 29.8 Å². The molecule has 2 atom stereocenters. The van der Waals surface area contributed by atoms with Gasteiger partial charge >= 0.3 is 0 Å². The maximum Gasteiger partial charge on any atom is 0.120 e. The van der Waals surface area contributed by atoms with Gasteiger partial charge in [-0.25, -0.2) is 0 Å². The number of fused-ring (bicyclic) bond motifs is 2. The van der Waals surface area contributed by atoms with Crippen LogP contribution in [0.4, 0.5) is 0 Å². The van der Waals surface area contributed by atoms with Crippen molar-refractivity contribution in [3.8, 4) is 5.75 Å². The molecule has 0 aliphatic carbocycles. The Morgan fingerprint density at radius 3 is 2.00 bits per heavy atom. The SMILES string of the molecule is COc1ccc(CO[C@H](CC(C)C)[C@H](C)C[B-]2(OC)C3CCCC2CCC3)cc1. The van der Waals surface area contributed by atoms with Gasteiger partial charge in [0.05, 0.1) is 19.8 Å². The fraction of sp³-hybridized carbons (Fsp3) is 0.760. The lowest BCUT2D eigenvalue weighted by molar-refractivity contribution is -0.00384. The van der Waals surface area contributed by atoms with Crippen LogP contribution in [0.25, 0.3) is 0 Å². The van der Waals surface area contributed by atoms with Crippen molar-refractivity contribution in [1.29, 1.82) is 0 Å². The molecule has 29 heavy (non-hydrogen) atoms. The highest BCUT2D eigenvalue weighted by molar-refractivity contribution is 6.77. The highest BCUT2D eigenvalue weighted by Crippen LogP contribution is 2.56. The number of benzene rings is 1. The van der Waals surface area contributed by atoms with Crippen LogP contribution in [-0.4, -0.2) is 26.7 Å². The van der Waals surface area contributed by atoms with Gasteiger partial charge in [-0.15, -0.1) is 18.0 Å². The molecule has 2 bridgehead atoms. The third-order valence-electron chi connectivity index (χ3n) is 8.04. The summed E-state index contributed by atoms with van der Waals surface area (Å²) in [5.74, 6) is 3.66. The molecule has 1 aromatic carbocycles. The first-order valence-corrected chi connectivity index (χ1v) is 12.0. The third kappa shape index (κ3) is 5.38. The van der Waals surface area contributed by atoms with Gasteiger partial charge in [-0.3, -0.25) is 0 Å². The molecule has 0 radical (unpaired) electrons. The van der Waals surface area contributed by atoms with Gasteiger partial charge < -0.3 is 14.1 Å². The zero-order valence-corrected chi connectivity index (χ0v) is 19.4. The van der Waals surface area contributed by atoms with Gasteiger partial charge in [-0.2, -0.15) is 0 Å². The summed E-state index contributed by atoms with van der Waals surface area (Å²) in [6.07, 6.45) is 10.2. The topological polar surface area (TPSA) is 27.7 Å². The Morgan fingerprint density at radius 1 is 0.931 bits per heavy atom. The maximum absolute atomic E-state index is 6.54. The summed E-state index contributed by atoms with van der Waals surface area (Å²) in [6.45, 7) is 7.70. The molecule has 0 N–H and O–H groups in total. The summed E-state index contributed by atoms with van der Waals surface area (Å²) in [5, 5.41) is 0. The number of methoxy groups -OCH3 is 1. The van der Waals surface area contributed by atoms with E-state index in [4.69, 9.17) is 14.1 Å². The summed E-state index contributed by atoms with van der Waals surface area (Å²) in [6, 6.07) is 8.27.